The molecule has 1 fully saturated rings. The highest BCUT2D eigenvalue weighted by molar-refractivity contribution is 5.77. The van der Waals surface area contributed by atoms with E-state index in [1.165, 1.54) is 12.1 Å². The number of aliphatic hydroxyl groups excluding tert-OH is 2. The SMILES string of the molecule is CC(C)OC1OC(CNCCCOCCCNC(=O)COc2ccc(O)cc2)C(OC(C)C)C(O)C1O. The fraction of sp³-hybridized carbons (Fsp3) is 0.731. The summed E-state index contributed by atoms with van der Waals surface area (Å²) in [5.41, 5.74) is 0. The number of aromatic hydroxyl groups is 1. The number of aliphatic hydroxyl groups is 2. The lowest BCUT2D eigenvalue weighted by molar-refractivity contribution is -0.312. The molecule has 1 aromatic carbocycles. The number of carbonyl (C=O) groups excluding carboxylic acids is 1. The Labute approximate surface area is 219 Å². The molecule has 5 atom stereocenters. The van der Waals surface area contributed by atoms with E-state index < -0.39 is 30.7 Å². The van der Waals surface area contributed by atoms with E-state index in [0.717, 1.165) is 6.42 Å². The van der Waals surface area contributed by atoms with Gasteiger partial charge in [0.15, 0.2) is 12.9 Å². The van der Waals surface area contributed by atoms with Crippen molar-refractivity contribution in [1.29, 1.82) is 0 Å². The van der Waals surface area contributed by atoms with E-state index in [9.17, 15) is 20.1 Å². The van der Waals surface area contributed by atoms with E-state index in [-0.39, 0.29) is 30.5 Å². The van der Waals surface area contributed by atoms with Gasteiger partial charge in [-0.2, -0.15) is 0 Å². The molecule has 1 aliphatic rings. The van der Waals surface area contributed by atoms with Crippen molar-refractivity contribution in [3.63, 3.8) is 0 Å². The maximum Gasteiger partial charge on any atom is 0.257 e. The number of phenols is 1. The molecule has 0 aliphatic carbocycles. The lowest BCUT2D eigenvalue weighted by Gasteiger charge is -2.43. The number of benzene rings is 1. The molecule has 1 heterocycles. The highest BCUT2D eigenvalue weighted by Crippen LogP contribution is 2.26. The summed E-state index contributed by atoms with van der Waals surface area (Å²) >= 11 is 0. The molecule has 1 amide bonds. The van der Waals surface area contributed by atoms with Gasteiger partial charge in [0.1, 0.15) is 35.9 Å². The van der Waals surface area contributed by atoms with E-state index in [4.69, 9.17) is 23.7 Å². The summed E-state index contributed by atoms with van der Waals surface area (Å²) in [4.78, 5) is 11.8. The van der Waals surface area contributed by atoms with Crippen molar-refractivity contribution in [2.24, 2.45) is 0 Å². The molecule has 1 aromatic rings. The van der Waals surface area contributed by atoms with Crippen molar-refractivity contribution in [1.82, 2.24) is 10.6 Å². The highest BCUT2D eigenvalue weighted by Gasteiger charge is 2.46. The molecule has 5 N–H and O–H groups in total. The maximum absolute atomic E-state index is 11.8. The van der Waals surface area contributed by atoms with Crippen LogP contribution in [0, 0.1) is 0 Å². The van der Waals surface area contributed by atoms with Gasteiger partial charge in [0.2, 0.25) is 0 Å². The Balaban J connectivity index is 1.55. The first-order valence-electron chi connectivity index (χ1n) is 13.0. The summed E-state index contributed by atoms with van der Waals surface area (Å²) in [6.45, 7) is 10.00. The molecule has 0 aromatic heterocycles. The number of phenolic OH excluding ortho intramolecular Hbond substituents is 1. The van der Waals surface area contributed by atoms with Gasteiger partial charge in [-0.15, -0.1) is 0 Å². The Kier molecular flexibility index (Phi) is 14.2. The molecule has 1 aliphatic heterocycles. The Morgan fingerprint density at radius 3 is 2.27 bits per heavy atom. The van der Waals surface area contributed by atoms with Crippen LogP contribution in [0.25, 0.3) is 0 Å². The van der Waals surface area contributed by atoms with Gasteiger partial charge in [0.05, 0.1) is 12.2 Å². The molecule has 0 spiro atoms. The van der Waals surface area contributed by atoms with Gasteiger partial charge in [-0.1, -0.05) is 0 Å². The van der Waals surface area contributed by atoms with Crippen LogP contribution >= 0.6 is 0 Å². The smallest absolute Gasteiger partial charge is 0.257 e. The second-order valence-corrected chi connectivity index (χ2v) is 9.51. The first-order chi connectivity index (χ1) is 17.7. The van der Waals surface area contributed by atoms with Crippen LogP contribution in [0.3, 0.4) is 0 Å². The van der Waals surface area contributed by atoms with Crippen molar-refractivity contribution in [2.75, 3.05) is 39.5 Å². The minimum absolute atomic E-state index is 0.0919. The second-order valence-electron chi connectivity index (χ2n) is 9.51. The van der Waals surface area contributed by atoms with Crippen molar-refractivity contribution in [2.45, 2.75) is 83.5 Å². The summed E-state index contributed by atoms with van der Waals surface area (Å²) in [5.74, 6) is 0.433. The van der Waals surface area contributed by atoms with Crippen LogP contribution < -0.4 is 15.4 Å². The van der Waals surface area contributed by atoms with Crippen molar-refractivity contribution >= 4 is 5.91 Å². The van der Waals surface area contributed by atoms with E-state index in [0.29, 0.717) is 45.0 Å². The topological polar surface area (TPSA) is 148 Å². The first kappa shape index (κ1) is 31.2. The molecule has 11 nitrogen and oxygen atoms in total. The van der Waals surface area contributed by atoms with Crippen LogP contribution in [0.4, 0.5) is 0 Å². The van der Waals surface area contributed by atoms with E-state index >= 15 is 0 Å². The Morgan fingerprint density at radius 1 is 0.973 bits per heavy atom. The number of hydrogen-bond acceptors (Lipinski definition) is 10. The molecule has 0 saturated carbocycles. The van der Waals surface area contributed by atoms with Crippen LogP contribution in [0.1, 0.15) is 40.5 Å². The van der Waals surface area contributed by atoms with E-state index in [1.807, 2.05) is 27.7 Å². The minimum Gasteiger partial charge on any atom is -0.508 e. The molecule has 1 saturated heterocycles. The van der Waals surface area contributed by atoms with Gasteiger partial charge in [0.25, 0.3) is 5.91 Å². The lowest BCUT2D eigenvalue weighted by Crippen LogP contribution is -2.62. The molecule has 37 heavy (non-hydrogen) atoms. The van der Waals surface area contributed by atoms with Gasteiger partial charge < -0.3 is 49.6 Å². The standard InChI is InChI=1S/C26H44N2O9/c1-17(2)35-25-21(37-26(36-18(3)4)24(32)23(25)31)15-27-11-5-13-33-14-6-12-28-22(30)16-34-20-9-7-19(29)8-10-20/h7-10,17-18,21,23-27,29,31-32H,5-6,11-16H2,1-4H3,(H,28,30). The van der Waals surface area contributed by atoms with Gasteiger partial charge >= 0.3 is 0 Å². The number of rotatable bonds is 17. The predicted molar refractivity (Wildman–Crippen MR) is 136 cm³/mol. The van der Waals surface area contributed by atoms with Crippen molar-refractivity contribution < 1.29 is 43.8 Å². The van der Waals surface area contributed by atoms with Gasteiger partial charge in [-0.05, 0) is 71.3 Å². The highest BCUT2D eigenvalue weighted by atomic mass is 16.7. The summed E-state index contributed by atoms with van der Waals surface area (Å²) < 4.78 is 28.3. The monoisotopic (exact) mass is 528 g/mol. The van der Waals surface area contributed by atoms with Crippen molar-refractivity contribution in [3.05, 3.63) is 24.3 Å². The molecule has 212 valence electrons. The normalized spacial score (nSPS) is 23.9. The Morgan fingerprint density at radius 2 is 1.62 bits per heavy atom. The molecule has 2 rings (SSSR count). The number of hydrogen-bond donors (Lipinski definition) is 5. The summed E-state index contributed by atoms with van der Waals surface area (Å²) in [7, 11) is 0. The van der Waals surface area contributed by atoms with Gasteiger partial charge in [0, 0.05) is 26.3 Å². The number of carbonyl (C=O) groups is 1. The Hall–Kier alpha value is -1.99. The van der Waals surface area contributed by atoms with Crippen molar-refractivity contribution in [3.8, 4) is 11.5 Å². The molecule has 0 bridgehead atoms. The molecule has 5 unspecified atom stereocenters. The van der Waals surface area contributed by atoms with Crippen LogP contribution in [-0.2, 0) is 23.7 Å². The molecular weight excluding hydrogens is 484 g/mol. The van der Waals surface area contributed by atoms with Gasteiger partial charge in [-0.3, -0.25) is 4.79 Å². The lowest BCUT2D eigenvalue weighted by atomic mass is 9.98. The molecule has 0 radical (unpaired) electrons. The summed E-state index contributed by atoms with van der Waals surface area (Å²) in [5, 5.41) is 36.3. The number of ether oxygens (including phenoxy) is 5. The summed E-state index contributed by atoms with van der Waals surface area (Å²) in [6.07, 6.45) is -3.22. The van der Waals surface area contributed by atoms with E-state index in [1.54, 1.807) is 12.1 Å². The third kappa shape index (κ3) is 11.9. The maximum atomic E-state index is 11.8. The average Bonchev–Trinajstić information content (AvgIpc) is 2.84. The number of nitrogens with one attached hydrogen (secondary N) is 2. The zero-order valence-corrected chi connectivity index (χ0v) is 22.3. The zero-order chi connectivity index (χ0) is 27.2. The third-order valence-corrected chi connectivity index (χ3v) is 5.46. The largest absolute Gasteiger partial charge is 0.508 e. The quantitative estimate of drug-likeness (QED) is 0.185. The number of amides is 1. The third-order valence-electron chi connectivity index (χ3n) is 5.46. The fourth-order valence-electron chi connectivity index (χ4n) is 3.72. The van der Waals surface area contributed by atoms with Crippen LogP contribution in [0.2, 0.25) is 0 Å². The second kappa shape index (κ2) is 16.8. The molecular formula is C26H44N2O9. The zero-order valence-electron chi connectivity index (χ0n) is 22.3. The molecule has 11 heteroatoms. The van der Waals surface area contributed by atoms with Gasteiger partial charge in [-0.25, -0.2) is 0 Å². The summed E-state index contributed by atoms with van der Waals surface area (Å²) in [6, 6.07) is 6.18. The minimum atomic E-state index is -1.19. The Bertz CT molecular complexity index is 763. The fourth-order valence-corrected chi connectivity index (χ4v) is 3.72. The first-order valence-corrected chi connectivity index (χ1v) is 13.0. The van der Waals surface area contributed by atoms with Crippen LogP contribution in [0.15, 0.2) is 24.3 Å². The predicted octanol–water partition coefficient (Wildman–Crippen LogP) is 0.939. The van der Waals surface area contributed by atoms with E-state index in [2.05, 4.69) is 10.6 Å². The van der Waals surface area contributed by atoms with Crippen LogP contribution in [0.5, 0.6) is 11.5 Å². The van der Waals surface area contributed by atoms with Crippen LogP contribution in [-0.4, -0.2) is 104 Å². The average molecular weight is 529 g/mol.